The van der Waals surface area contributed by atoms with Crippen LogP contribution in [0.15, 0.2) is 24.3 Å². The third kappa shape index (κ3) is 8.96. The van der Waals surface area contributed by atoms with Crippen molar-refractivity contribution in [2.45, 2.75) is 123 Å². The number of aromatic hydroxyl groups is 1. The first-order valence-corrected chi connectivity index (χ1v) is 16.4. The van der Waals surface area contributed by atoms with E-state index in [0.29, 0.717) is 12.2 Å². The second kappa shape index (κ2) is 12.6. The SMILES string of the molecule is CC(C)(C)c1cc(CSCCSCc2cc(C(C)(C)C)cc(C(C)(C)C)c2CCO)c(O)c(C(C)(C)C)c1. The number of hydrogen-bond acceptors (Lipinski definition) is 4. The standard InChI is InChI=1S/C34H54O2S2/c1-31(2,3)25-17-23(27(13-14-35)28(19-25)33(7,8)9)21-37-15-16-38-22-24-18-26(32(4,5)6)20-29(30(24)36)34(10,11)12/h17-20,35-36H,13-16,21-22H2,1-12H3. The highest BCUT2D eigenvalue weighted by molar-refractivity contribution is 8.02. The molecule has 0 aliphatic heterocycles. The van der Waals surface area contributed by atoms with Crippen LogP contribution >= 0.6 is 23.5 Å². The lowest BCUT2D eigenvalue weighted by Crippen LogP contribution is -2.20. The van der Waals surface area contributed by atoms with Gasteiger partial charge in [0, 0.05) is 35.2 Å². The van der Waals surface area contributed by atoms with E-state index in [1.165, 1.54) is 27.8 Å². The highest BCUT2D eigenvalue weighted by Gasteiger charge is 2.26. The van der Waals surface area contributed by atoms with Gasteiger partial charge in [0.15, 0.2) is 0 Å². The molecular formula is C34H54O2S2. The molecule has 0 amide bonds. The van der Waals surface area contributed by atoms with E-state index >= 15 is 0 Å². The van der Waals surface area contributed by atoms with Crippen molar-refractivity contribution >= 4 is 23.5 Å². The Bertz CT molecular complexity index is 1070. The summed E-state index contributed by atoms with van der Waals surface area (Å²) in [6, 6.07) is 9.16. The molecule has 214 valence electrons. The summed E-state index contributed by atoms with van der Waals surface area (Å²) < 4.78 is 0. The van der Waals surface area contributed by atoms with E-state index in [4.69, 9.17) is 0 Å². The Balaban J connectivity index is 2.15. The first-order valence-electron chi connectivity index (χ1n) is 14.1. The quantitative estimate of drug-likeness (QED) is 0.301. The van der Waals surface area contributed by atoms with Crippen LogP contribution in [-0.4, -0.2) is 28.3 Å². The van der Waals surface area contributed by atoms with Gasteiger partial charge >= 0.3 is 0 Å². The van der Waals surface area contributed by atoms with Crippen molar-refractivity contribution in [2.24, 2.45) is 0 Å². The molecule has 2 nitrogen and oxygen atoms in total. The van der Waals surface area contributed by atoms with Crippen LogP contribution in [0.2, 0.25) is 0 Å². The number of aliphatic hydroxyl groups is 1. The van der Waals surface area contributed by atoms with Crippen LogP contribution in [-0.2, 0) is 39.6 Å². The van der Waals surface area contributed by atoms with Crippen molar-refractivity contribution in [1.29, 1.82) is 0 Å². The number of aliphatic hydroxyl groups excluding tert-OH is 1. The summed E-state index contributed by atoms with van der Waals surface area (Å²) in [5.41, 5.74) is 8.89. The Kier molecular flexibility index (Phi) is 11.0. The highest BCUT2D eigenvalue weighted by Crippen LogP contribution is 2.39. The van der Waals surface area contributed by atoms with E-state index in [9.17, 15) is 10.2 Å². The smallest absolute Gasteiger partial charge is 0.123 e. The molecule has 0 radical (unpaired) electrons. The third-order valence-electron chi connectivity index (χ3n) is 7.13. The minimum absolute atomic E-state index is 0.0382. The van der Waals surface area contributed by atoms with Crippen LogP contribution in [0, 0.1) is 0 Å². The molecule has 2 aromatic rings. The molecule has 0 bridgehead atoms. The van der Waals surface area contributed by atoms with E-state index in [1.807, 2.05) is 23.5 Å². The van der Waals surface area contributed by atoms with E-state index in [-0.39, 0.29) is 28.3 Å². The molecule has 0 saturated carbocycles. The Morgan fingerprint density at radius 1 is 0.579 bits per heavy atom. The fourth-order valence-electron chi connectivity index (χ4n) is 4.66. The van der Waals surface area contributed by atoms with Crippen molar-refractivity contribution in [3.05, 3.63) is 63.2 Å². The molecule has 0 atom stereocenters. The highest BCUT2D eigenvalue weighted by atomic mass is 32.2. The van der Waals surface area contributed by atoms with Crippen LogP contribution in [0.5, 0.6) is 5.75 Å². The monoisotopic (exact) mass is 558 g/mol. The zero-order valence-electron chi connectivity index (χ0n) is 26.3. The minimum atomic E-state index is -0.0968. The maximum absolute atomic E-state index is 11.1. The third-order valence-corrected chi connectivity index (χ3v) is 9.40. The van der Waals surface area contributed by atoms with Gasteiger partial charge in [0.05, 0.1) is 0 Å². The second-order valence-corrected chi connectivity index (χ2v) is 17.0. The number of thioether (sulfide) groups is 2. The van der Waals surface area contributed by atoms with Gasteiger partial charge in [-0.2, -0.15) is 23.5 Å². The Labute approximate surface area is 242 Å². The Hall–Kier alpha value is -1.10. The van der Waals surface area contributed by atoms with Gasteiger partial charge in [0.1, 0.15) is 5.75 Å². The van der Waals surface area contributed by atoms with Gasteiger partial charge in [0.25, 0.3) is 0 Å². The average Bonchev–Trinajstić information content (AvgIpc) is 2.74. The minimum Gasteiger partial charge on any atom is -0.507 e. The van der Waals surface area contributed by atoms with Gasteiger partial charge in [-0.1, -0.05) is 107 Å². The van der Waals surface area contributed by atoms with Crippen molar-refractivity contribution in [3.63, 3.8) is 0 Å². The molecule has 4 heteroatoms. The fraction of sp³-hybridized carbons (Fsp3) is 0.647. The summed E-state index contributed by atoms with van der Waals surface area (Å²) in [5.74, 6) is 4.34. The molecule has 0 heterocycles. The van der Waals surface area contributed by atoms with Gasteiger partial charge in [-0.15, -0.1) is 0 Å². The lowest BCUT2D eigenvalue weighted by molar-refractivity contribution is 0.298. The number of phenolic OH excluding ortho intramolecular Hbond substituents is 1. The molecule has 2 rings (SSSR count). The maximum Gasteiger partial charge on any atom is 0.123 e. The summed E-state index contributed by atoms with van der Waals surface area (Å²) in [6.07, 6.45) is 0.709. The van der Waals surface area contributed by atoms with Crippen molar-refractivity contribution in [3.8, 4) is 5.75 Å². The predicted octanol–water partition coefficient (Wildman–Crippen LogP) is 9.28. The van der Waals surface area contributed by atoms with Crippen LogP contribution in [0.3, 0.4) is 0 Å². The Morgan fingerprint density at radius 2 is 1.00 bits per heavy atom. The van der Waals surface area contributed by atoms with Gasteiger partial charge in [-0.3, -0.25) is 0 Å². The first kappa shape index (κ1) is 33.1. The second-order valence-electron chi connectivity index (χ2n) is 14.8. The molecule has 2 N–H and O–H groups in total. The van der Waals surface area contributed by atoms with Gasteiger partial charge < -0.3 is 10.2 Å². The summed E-state index contributed by atoms with van der Waals surface area (Å²) in [4.78, 5) is 0. The van der Waals surface area contributed by atoms with Crippen molar-refractivity contribution in [2.75, 3.05) is 18.1 Å². The molecule has 0 aliphatic rings. The molecule has 2 aromatic carbocycles. The molecular weight excluding hydrogens is 505 g/mol. The molecule has 0 spiro atoms. The van der Waals surface area contributed by atoms with Gasteiger partial charge in [0.2, 0.25) is 0 Å². The zero-order valence-corrected chi connectivity index (χ0v) is 27.9. The molecule has 0 fully saturated rings. The van der Waals surface area contributed by atoms with Crippen LogP contribution in [0.1, 0.15) is 122 Å². The zero-order chi connectivity index (χ0) is 29.1. The molecule has 38 heavy (non-hydrogen) atoms. The predicted molar refractivity (Wildman–Crippen MR) is 172 cm³/mol. The van der Waals surface area contributed by atoms with Gasteiger partial charge in [-0.05, 0) is 61.5 Å². The summed E-state index contributed by atoms with van der Waals surface area (Å²) in [5, 5.41) is 20.9. The van der Waals surface area contributed by atoms with E-state index < -0.39 is 0 Å². The molecule has 0 saturated heterocycles. The lowest BCUT2D eigenvalue weighted by atomic mass is 9.76. The van der Waals surface area contributed by atoms with E-state index in [2.05, 4.69) is 107 Å². The van der Waals surface area contributed by atoms with Crippen molar-refractivity contribution < 1.29 is 10.2 Å². The average molecular weight is 559 g/mol. The largest absolute Gasteiger partial charge is 0.507 e. The van der Waals surface area contributed by atoms with E-state index in [0.717, 1.165) is 34.1 Å². The maximum atomic E-state index is 11.1. The number of phenols is 1. The van der Waals surface area contributed by atoms with E-state index in [1.54, 1.807) is 0 Å². The number of rotatable bonds is 9. The number of benzene rings is 2. The van der Waals surface area contributed by atoms with Crippen molar-refractivity contribution in [1.82, 2.24) is 0 Å². The fourth-order valence-corrected chi connectivity index (χ4v) is 6.81. The topological polar surface area (TPSA) is 40.5 Å². The normalized spacial score (nSPS) is 13.3. The summed E-state index contributed by atoms with van der Waals surface area (Å²) >= 11 is 3.88. The first-order chi connectivity index (χ1) is 17.3. The van der Waals surface area contributed by atoms with Crippen LogP contribution < -0.4 is 0 Å². The molecule has 0 aliphatic carbocycles. The molecule has 0 unspecified atom stereocenters. The van der Waals surface area contributed by atoms with Gasteiger partial charge in [-0.25, -0.2) is 0 Å². The summed E-state index contributed by atoms with van der Waals surface area (Å²) in [7, 11) is 0. The molecule has 0 aromatic heterocycles. The van der Waals surface area contributed by atoms with Crippen LogP contribution in [0.4, 0.5) is 0 Å². The lowest BCUT2D eigenvalue weighted by Gasteiger charge is -2.29. The Morgan fingerprint density at radius 3 is 1.42 bits per heavy atom. The van der Waals surface area contributed by atoms with Crippen LogP contribution in [0.25, 0.3) is 0 Å². The summed E-state index contributed by atoms with van der Waals surface area (Å²) in [6.45, 7) is 27.1. The number of hydrogen-bond donors (Lipinski definition) is 2.